The zero-order valence-corrected chi connectivity index (χ0v) is 16.4. The average molecular weight is 386 g/mol. The van der Waals surface area contributed by atoms with Gasteiger partial charge in [0.15, 0.2) is 17.6 Å². The molecule has 0 aromatic heterocycles. The topological polar surface area (TPSA) is 86.3 Å². The number of amides is 2. The zero-order valence-electron chi connectivity index (χ0n) is 16.4. The number of fused-ring (bicyclic) bond motifs is 1. The minimum Gasteiger partial charge on any atom is -0.493 e. The Morgan fingerprint density at radius 2 is 1.71 bits per heavy atom. The van der Waals surface area contributed by atoms with Gasteiger partial charge in [-0.15, -0.1) is 0 Å². The van der Waals surface area contributed by atoms with Gasteiger partial charge < -0.3 is 29.2 Å². The minimum atomic E-state index is -0.544. The summed E-state index contributed by atoms with van der Waals surface area (Å²) in [5.74, 6) is 1.23. The number of benzene rings is 2. The smallest absolute Gasteiger partial charge is 0.267 e. The number of carbonyl (C=O) groups excluding carboxylic acids is 2. The normalized spacial score (nSPS) is 15.4. The SMILES string of the molecule is COc1cc(C(=O)Nc2ccc3c(c2)N(C)C(=O)[C@@H](C)O3)cc(OC)c1OC. The maximum Gasteiger partial charge on any atom is 0.267 e. The summed E-state index contributed by atoms with van der Waals surface area (Å²) in [6, 6.07) is 8.25. The first-order valence-electron chi connectivity index (χ1n) is 8.59. The number of anilines is 2. The summed E-state index contributed by atoms with van der Waals surface area (Å²) in [6.45, 7) is 1.70. The van der Waals surface area contributed by atoms with E-state index in [0.717, 1.165) is 0 Å². The van der Waals surface area contributed by atoms with Gasteiger partial charge in [-0.3, -0.25) is 9.59 Å². The molecule has 0 saturated heterocycles. The van der Waals surface area contributed by atoms with Crippen LogP contribution in [0.3, 0.4) is 0 Å². The van der Waals surface area contributed by atoms with Crippen LogP contribution >= 0.6 is 0 Å². The largest absolute Gasteiger partial charge is 0.493 e. The predicted octanol–water partition coefficient (Wildman–Crippen LogP) is 2.71. The molecule has 28 heavy (non-hydrogen) atoms. The van der Waals surface area contributed by atoms with E-state index >= 15 is 0 Å². The Bertz CT molecular complexity index is 902. The van der Waals surface area contributed by atoms with Crippen molar-refractivity contribution in [2.75, 3.05) is 38.6 Å². The van der Waals surface area contributed by atoms with Crippen molar-refractivity contribution in [2.24, 2.45) is 0 Å². The Balaban J connectivity index is 1.89. The summed E-state index contributed by atoms with van der Waals surface area (Å²) >= 11 is 0. The van der Waals surface area contributed by atoms with Crippen molar-refractivity contribution in [3.63, 3.8) is 0 Å². The van der Waals surface area contributed by atoms with Crippen molar-refractivity contribution in [2.45, 2.75) is 13.0 Å². The first kappa shape index (κ1) is 19.3. The number of methoxy groups -OCH3 is 3. The van der Waals surface area contributed by atoms with Crippen molar-refractivity contribution in [3.05, 3.63) is 35.9 Å². The lowest BCUT2D eigenvalue weighted by Crippen LogP contribution is -2.41. The molecule has 2 amide bonds. The standard InChI is InChI=1S/C20H22N2O6/c1-11-20(24)22(2)14-10-13(6-7-15(14)28-11)21-19(23)12-8-16(25-3)18(27-5)17(9-12)26-4/h6-11H,1-5H3,(H,21,23)/t11-/m1/s1. The van der Waals surface area contributed by atoms with E-state index in [1.54, 1.807) is 44.3 Å². The highest BCUT2D eigenvalue weighted by molar-refractivity contribution is 6.06. The first-order chi connectivity index (χ1) is 13.4. The van der Waals surface area contributed by atoms with E-state index in [4.69, 9.17) is 18.9 Å². The van der Waals surface area contributed by atoms with Crippen LogP contribution in [0.2, 0.25) is 0 Å². The molecule has 148 valence electrons. The fourth-order valence-corrected chi connectivity index (χ4v) is 3.00. The number of nitrogens with one attached hydrogen (secondary N) is 1. The zero-order chi connectivity index (χ0) is 20.4. The third-order valence-electron chi connectivity index (χ3n) is 4.49. The number of carbonyl (C=O) groups is 2. The van der Waals surface area contributed by atoms with Gasteiger partial charge in [-0.05, 0) is 37.3 Å². The predicted molar refractivity (Wildman–Crippen MR) is 104 cm³/mol. The van der Waals surface area contributed by atoms with Gasteiger partial charge in [0, 0.05) is 18.3 Å². The quantitative estimate of drug-likeness (QED) is 0.850. The van der Waals surface area contributed by atoms with Crippen LogP contribution in [0.25, 0.3) is 0 Å². The molecular weight excluding hydrogens is 364 g/mol. The lowest BCUT2D eigenvalue weighted by atomic mass is 10.1. The molecule has 3 rings (SSSR count). The van der Waals surface area contributed by atoms with Crippen molar-refractivity contribution < 1.29 is 28.5 Å². The summed E-state index contributed by atoms with van der Waals surface area (Å²) < 4.78 is 21.4. The summed E-state index contributed by atoms with van der Waals surface area (Å²) in [5.41, 5.74) is 1.45. The molecular formula is C20H22N2O6. The molecule has 0 bridgehead atoms. The van der Waals surface area contributed by atoms with Crippen molar-refractivity contribution in [3.8, 4) is 23.0 Å². The van der Waals surface area contributed by atoms with Gasteiger partial charge in [0.25, 0.3) is 11.8 Å². The fourth-order valence-electron chi connectivity index (χ4n) is 3.00. The maximum atomic E-state index is 12.7. The summed E-state index contributed by atoms with van der Waals surface area (Å²) in [7, 11) is 6.13. The van der Waals surface area contributed by atoms with E-state index in [1.165, 1.54) is 26.2 Å². The Hall–Kier alpha value is -3.42. The highest BCUT2D eigenvalue weighted by Gasteiger charge is 2.29. The molecule has 8 nitrogen and oxygen atoms in total. The Morgan fingerprint density at radius 3 is 2.29 bits per heavy atom. The lowest BCUT2D eigenvalue weighted by molar-refractivity contribution is -0.125. The van der Waals surface area contributed by atoms with E-state index in [1.807, 2.05) is 0 Å². The van der Waals surface area contributed by atoms with Gasteiger partial charge >= 0.3 is 0 Å². The third-order valence-corrected chi connectivity index (χ3v) is 4.49. The van der Waals surface area contributed by atoms with Gasteiger partial charge in [0.2, 0.25) is 5.75 Å². The lowest BCUT2D eigenvalue weighted by Gasteiger charge is -2.30. The highest BCUT2D eigenvalue weighted by Crippen LogP contribution is 2.39. The molecule has 1 N–H and O–H groups in total. The van der Waals surface area contributed by atoms with Crippen LogP contribution < -0.4 is 29.2 Å². The number of hydrogen-bond acceptors (Lipinski definition) is 6. The van der Waals surface area contributed by atoms with Crippen LogP contribution in [0, 0.1) is 0 Å². The van der Waals surface area contributed by atoms with Crippen molar-refractivity contribution >= 4 is 23.2 Å². The highest BCUT2D eigenvalue weighted by atomic mass is 16.5. The molecule has 0 spiro atoms. The number of nitrogens with zero attached hydrogens (tertiary/aromatic N) is 1. The second-order valence-electron chi connectivity index (χ2n) is 6.21. The van der Waals surface area contributed by atoms with Crippen molar-refractivity contribution in [1.82, 2.24) is 0 Å². The third kappa shape index (κ3) is 3.40. The maximum absolute atomic E-state index is 12.7. The summed E-state index contributed by atoms with van der Waals surface area (Å²) in [6.07, 6.45) is -0.544. The molecule has 2 aromatic rings. The van der Waals surface area contributed by atoms with Gasteiger partial charge in [0.05, 0.1) is 27.0 Å². The molecule has 0 radical (unpaired) electrons. The Labute approximate surface area is 162 Å². The Kier molecular flexibility index (Phi) is 5.30. The van der Waals surface area contributed by atoms with Gasteiger partial charge in [-0.2, -0.15) is 0 Å². The van der Waals surface area contributed by atoms with Crippen LogP contribution in [-0.2, 0) is 4.79 Å². The molecule has 1 atom stereocenters. The van der Waals surface area contributed by atoms with E-state index < -0.39 is 6.10 Å². The average Bonchev–Trinajstić information content (AvgIpc) is 2.71. The molecule has 0 fully saturated rings. The molecule has 2 aromatic carbocycles. The van der Waals surface area contributed by atoms with E-state index in [0.29, 0.717) is 39.9 Å². The number of likely N-dealkylation sites (N-methyl/N-ethyl adjacent to an activating group) is 1. The van der Waals surface area contributed by atoms with Crippen molar-refractivity contribution in [1.29, 1.82) is 0 Å². The van der Waals surface area contributed by atoms with Crippen LogP contribution in [0.1, 0.15) is 17.3 Å². The van der Waals surface area contributed by atoms with Crippen LogP contribution in [0.5, 0.6) is 23.0 Å². The summed E-state index contributed by atoms with van der Waals surface area (Å²) in [5, 5.41) is 2.81. The number of hydrogen-bond donors (Lipinski definition) is 1. The molecule has 0 unspecified atom stereocenters. The second-order valence-corrected chi connectivity index (χ2v) is 6.21. The van der Waals surface area contributed by atoms with E-state index in [-0.39, 0.29) is 11.8 Å². The molecule has 1 aliphatic heterocycles. The summed E-state index contributed by atoms with van der Waals surface area (Å²) in [4.78, 5) is 26.4. The van der Waals surface area contributed by atoms with Crippen LogP contribution in [-0.4, -0.2) is 46.3 Å². The molecule has 1 heterocycles. The van der Waals surface area contributed by atoms with Gasteiger partial charge in [0.1, 0.15) is 5.75 Å². The monoisotopic (exact) mass is 386 g/mol. The van der Waals surface area contributed by atoms with E-state index in [2.05, 4.69) is 5.32 Å². The number of rotatable bonds is 5. The molecule has 1 aliphatic rings. The molecule has 0 saturated carbocycles. The molecule has 0 aliphatic carbocycles. The number of ether oxygens (including phenoxy) is 4. The molecule has 8 heteroatoms. The van der Waals surface area contributed by atoms with Gasteiger partial charge in [-0.1, -0.05) is 0 Å². The first-order valence-corrected chi connectivity index (χ1v) is 8.59. The van der Waals surface area contributed by atoms with E-state index in [9.17, 15) is 9.59 Å². The minimum absolute atomic E-state index is 0.152. The Morgan fingerprint density at radius 1 is 1.07 bits per heavy atom. The van der Waals surface area contributed by atoms with Crippen LogP contribution in [0.15, 0.2) is 30.3 Å². The second kappa shape index (κ2) is 7.67. The fraction of sp³-hybridized carbons (Fsp3) is 0.300. The van der Waals surface area contributed by atoms with Crippen LogP contribution in [0.4, 0.5) is 11.4 Å². The van der Waals surface area contributed by atoms with Gasteiger partial charge in [-0.25, -0.2) is 0 Å².